The highest BCUT2D eigenvalue weighted by atomic mass is 16.5. The first kappa shape index (κ1) is 28.1. The van der Waals surface area contributed by atoms with Crippen molar-refractivity contribution in [1.29, 1.82) is 0 Å². The van der Waals surface area contributed by atoms with Gasteiger partial charge in [-0.3, -0.25) is 0 Å². The van der Waals surface area contributed by atoms with Crippen molar-refractivity contribution in [2.45, 2.75) is 19.3 Å². The van der Waals surface area contributed by atoms with Crippen LogP contribution in [-0.4, -0.2) is 11.9 Å². The second kappa shape index (κ2) is 10.8. The second-order valence-corrected chi connectivity index (χ2v) is 11.6. The maximum atomic E-state index is 12.1. The summed E-state index contributed by atoms with van der Waals surface area (Å²) < 4.78 is 11.0. The number of ether oxygens (including phenoxy) is 2. The summed E-state index contributed by atoms with van der Waals surface area (Å²) in [5.41, 5.74) is 7.21. The van der Waals surface area contributed by atoms with Gasteiger partial charge < -0.3 is 9.47 Å². The van der Waals surface area contributed by atoms with E-state index in [9.17, 15) is 9.59 Å². The minimum atomic E-state index is -0.592. The van der Waals surface area contributed by atoms with Crippen LogP contribution in [0.5, 0.6) is 11.5 Å². The fourth-order valence-electron chi connectivity index (χ4n) is 6.45. The minimum Gasteiger partial charge on any atom is -0.423 e. The highest BCUT2D eigenvalue weighted by Crippen LogP contribution is 2.56. The average Bonchev–Trinajstić information content (AvgIpc) is 3.35. The Morgan fingerprint density at radius 2 is 0.889 bits per heavy atom. The van der Waals surface area contributed by atoms with Crippen LogP contribution in [0.2, 0.25) is 0 Å². The molecule has 0 heterocycles. The molecule has 0 saturated carbocycles. The Kier molecular flexibility index (Phi) is 6.71. The molecule has 0 amide bonds. The summed E-state index contributed by atoms with van der Waals surface area (Å²) in [4.78, 5) is 24.3. The van der Waals surface area contributed by atoms with Gasteiger partial charge in [0.25, 0.3) is 0 Å². The third-order valence-electron chi connectivity index (χ3n) is 8.56. The molecule has 0 unspecified atom stereocenters. The molecule has 0 saturated heterocycles. The number of hydrogen-bond donors (Lipinski definition) is 0. The predicted octanol–water partition coefficient (Wildman–Crippen LogP) is 9.32. The van der Waals surface area contributed by atoms with E-state index in [-0.39, 0.29) is 0 Å². The van der Waals surface area contributed by atoms with Gasteiger partial charge in [-0.25, -0.2) is 9.59 Å². The van der Waals surface area contributed by atoms with Gasteiger partial charge in [-0.15, -0.1) is 0 Å². The van der Waals surface area contributed by atoms with Gasteiger partial charge in [0.1, 0.15) is 11.5 Å². The maximum Gasteiger partial charge on any atom is 0.338 e. The molecule has 1 aliphatic carbocycles. The number of fused-ring (bicyclic) bond motifs is 5. The zero-order chi connectivity index (χ0) is 31.3. The standard InChI is InChI=1S/C41H30O4/c1-25(2)39(42)44-33-19-15-27-21-31(17-13-29(27)23-33)41(37-11-7-5-9-35(37)36-10-6-8-12-38(36)41)32-18-14-30-24-34(20-16-28(30)22-32)45-40(43)26(3)4/h5-24H,1,3H2,2,4H3. The lowest BCUT2D eigenvalue weighted by molar-refractivity contribution is -0.130. The van der Waals surface area contributed by atoms with Crippen molar-refractivity contribution < 1.29 is 19.1 Å². The fourth-order valence-corrected chi connectivity index (χ4v) is 6.45. The second-order valence-electron chi connectivity index (χ2n) is 11.6. The molecule has 6 aromatic carbocycles. The van der Waals surface area contributed by atoms with E-state index >= 15 is 0 Å². The number of benzene rings is 6. The monoisotopic (exact) mass is 586 g/mol. The van der Waals surface area contributed by atoms with Gasteiger partial charge >= 0.3 is 11.9 Å². The SMILES string of the molecule is C=C(C)C(=O)Oc1ccc2cc(C3(c4ccc5cc(OC(=O)C(=C)C)ccc5c4)c4ccccc4-c4ccccc43)ccc2c1. The van der Waals surface area contributed by atoms with E-state index in [0.29, 0.717) is 22.6 Å². The summed E-state index contributed by atoms with van der Waals surface area (Å²) in [5.74, 6) is 0.0812. The molecule has 7 rings (SSSR count). The van der Waals surface area contributed by atoms with Gasteiger partial charge in [0, 0.05) is 11.1 Å². The zero-order valence-corrected chi connectivity index (χ0v) is 25.1. The number of carbonyl (C=O) groups is 2. The van der Waals surface area contributed by atoms with E-state index in [0.717, 1.165) is 32.7 Å². The maximum absolute atomic E-state index is 12.1. The van der Waals surface area contributed by atoms with Crippen LogP contribution in [-0.2, 0) is 15.0 Å². The van der Waals surface area contributed by atoms with Gasteiger partial charge in [0.2, 0.25) is 0 Å². The molecule has 0 aromatic heterocycles. The van der Waals surface area contributed by atoms with Crippen molar-refractivity contribution in [3.8, 4) is 22.6 Å². The van der Waals surface area contributed by atoms with Gasteiger partial charge in [0.05, 0.1) is 5.41 Å². The van der Waals surface area contributed by atoms with Crippen molar-refractivity contribution >= 4 is 33.5 Å². The molecule has 4 heteroatoms. The Hall–Kier alpha value is -5.74. The minimum absolute atomic E-state index is 0.352. The molecule has 0 spiro atoms. The summed E-state index contributed by atoms with van der Waals surface area (Å²) in [7, 11) is 0. The molecule has 4 nitrogen and oxygen atoms in total. The molecule has 0 fully saturated rings. The highest BCUT2D eigenvalue weighted by Gasteiger charge is 2.46. The lowest BCUT2D eigenvalue weighted by Gasteiger charge is -2.34. The summed E-state index contributed by atoms with van der Waals surface area (Å²) in [5, 5.41) is 4.01. The Morgan fingerprint density at radius 3 is 1.31 bits per heavy atom. The van der Waals surface area contributed by atoms with E-state index in [2.05, 4.69) is 98.1 Å². The molecular formula is C41H30O4. The van der Waals surface area contributed by atoms with Crippen LogP contribution < -0.4 is 9.47 Å². The van der Waals surface area contributed by atoms with Crippen LogP contribution in [0.25, 0.3) is 32.7 Å². The Labute approximate surface area is 261 Å². The smallest absolute Gasteiger partial charge is 0.338 e. The predicted molar refractivity (Wildman–Crippen MR) is 180 cm³/mol. The number of esters is 2. The van der Waals surface area contributed by atoms with E-state index in [1.807, 2.05) is 36.4 Å². The first-order valence-electron chi connectivity index (χ1n) is 14.8. The van der Waals surface area contributed by atoms with Crippen LogP contribution >= 0.6 is 0 Å². The van der Waals surface area contributed by atoms with E-state index in [1.54, 1.807) is 13.8 Å². The molecule has 0 aliphatic heterocycles. The van der Waals surface area contributed by atoms with Gasteiger partial charge in [-0.2, -0.15) is 0 Å². The first-order valence-corrected chi connectivity index (χ1v) is 14.8. The first-order chi connectivity index (χ1) is 21.8. The quantitative estimate of drug-likeness (QED) is 0.111. The summed E-state index contributed by atoms with van der Waals surface area (Å²) in [6.45, 7) is 10.6. The summed E-state index contributed by atoms with van der Waals surface area (Å²) in [6.07, 6.45) is 0. The van der Waals surface area contributed by atoms with Gasteiger partial charge in [-0.05, 0) is 105 Å². The Morgan fingerprint density at radius 1 is 0.511 bits per heavy atom. The topological polar surface area (TPSA) is 52.6 Å². The number of rotatable bonds is 6. The largest absolute Gasteiger partial charge is 0.423 e. The van der Waals surface area contributed by atoms with Crippen molar-refractivity contribution in [1.82, 2.24) is 0 Å². The van der Waals surface area contributed by atoms with Crippen molar-refractivity contribution in [2.24, 2.45) is 0 Å². The normalized spacial score (nSPS) is 12.8. The molecule has 45 heavy (non-hydrogen) atoms. The van der Waals surface area contributed by atoms with Crippen LogP contribution in [0.15, 0.2) is 146 Å². The third-order valence-corrected chi connectivity index (χ3v) is 8.56. The third kappa shape index (κ3) is 4.63. The van der Waals surface area contributed by atoms with Gasteiger partial charge in [0.15, 0.2) is 0 Å². The summed E-state index contributed by atoms with van der Waals surface area (Å²) >= 11 is 0. The van der Waals surface area contributed by atoms with Crippen LogP contribution in [0, 0.1) is 0 Å². The van der Waals surface area contributed by atoms with Crippen molar-refractivity contribution in [3.05, 3.63) is 168 Å². The Balaban J connectivity index is 1.43. The molecule has 0 atom stereocenters. The van der Waals surface area contributed by atoms with Crippen LogP contribution in [0.3, 0.4) is 0 Å². The van der Waals surface area contributed by atoms with E-state index in [4.69, 9.17) is 9.47 Å². The molecule has 0 radical (unpaired) electrons. The summed E-state index contributed by atoms with van der Waals surface area (Å²) in [6, 6.07) is 41.7. The van der Waals surface area contributed by atoms with E-state index in [1.165, 1.54) is 22.3 Å². The molecule has 0 N–H and O–H groups in total. The molecule has 1 aliphatic rings. The van der Waals surface area contributed by atoms with Gasteiger partial charge in [-0.1, -0.05) is 98.1 Å². The Bertz CT molecular complexity index is 2060. The zero-order valence-electron chi connectivity index (χ0n) is 25.1. The van der Waals surface area contributed by atoms with E-state index < -0.39 is 17.4 Å². The highest BCUT2D eigenvalue weighted by molar-refractivity contribution is 5.94. The number of carbonyl (C=O) groups excluding carboxylic acids is 2. The number of hydrogen-bond acceptors (Lipinski definition) is 4. The van der Waals surface area contributed by atoms with Crippen LogP contribution in [0.4, 0.5) is 0 Å². The van der Waals surface area contributed by atoms with Crippen molar-refractivity contribution in [3.63, 3.8) is 0 Å². The lowest BCUT2D eigenvalue weighted by Crippen LogP contribution is -2.28. The molecule has 0 bridgehead atoms. The van der Waals surface area contributed by atoms with Crippen LogP contribution in [0.1, 0.15) is 36.1 Å². The van der Waals surface area contributed by atoms with Crippen molar-refractivity contribution in [2.75, 3.05) is 0 Å². The molecule has 6 aromatic rings. The fraction of sp³-hybridized carbons (Fsp3) is 0.0732. The average molecular weight is 587 g/mol. The molecule has 218 valence electrons. The molecular weight excluding hydrogens is 556 g/mol. The lowest BCUT2D eigenvalue weighted by atomic mass is 9.67.